The van der Waals surface area contributed by atoms with Crippen LogP contribution in [0.5, 0.6) is 5.75 Å². The molecule has 0 amide bonds. The largest absolute Gasteiger partial charge is 0.573 e. The van der Waals surface area contributed by atoms with Gasteiger partial charge in [0.05, 0.1) is 10.7 Å². The molecular formula is C30H30ClF3N4O2. The third kappa shape index (κ3) is 6.27. The first-order valence-electron chi connectivity index (χ1n) is 13.1. The average Bonchev–Trinajstić information content (AvgIpc) is 3.30. The van der Waals surface area contributed by atoms with Crippen LogP contribution in [0.15, 0.2) is 66.9 Å². The molecule has 40 heavy (non-hydrogen) atoms. The summed E-state index contributed by atoms with van der Waals surface area (Å²) in [5.41, 5.74) is 11.1. The van der Waals surface area contributed by atoms with E-state index >= 15 is 0 Å². The second-order valence-electron chi connectivity index (χ2n) is 9.86. The lowest BCUT2D eigenvalue weighted by molar-refractivity contribution is -0.274. The molecule has 5 rings (SSSR count). The topological polar surface area (TPSA) is 63.7 Å². The smallest absolute Gasteiger partial charge is 0.406 e. The Hall–Kier alpha value is -3.53. The number of ether oxygens (including phenoxy) is 1. The van der Waals surface area contributed by atoms with Crippen molar-refractivity contribution in [2.75, 3.05) is 37.6 Å². The number of aldehydes is 1. The van der Waals surface area contributed by atoms with Gasteiger partial charge in [0.1, 0.15) is 5.75 Å². The number of piperazine rings is 1. The lowest BCUT2D eigenvalue weighted by atomic mass is 10.0. The zero-order valence-electron chi connectivity index (χ0n) is 21.8. The van der Waals surface area contributed by atoms with Gasteiger partial charge in [0, 0.05) is 67.5 Å². The van der Waals surface area contributed by atoms with Gasteiger partial charge in [0.15, 0.2) is 6.29 Å². The molecule has 1 aliphatic heterocycles. The minimum Gasteiger partial charge on any atom is -0.406 e. The number of fused-ring (bicyclic) bond motifs is 1. The third-order valence-corrected chi connectivity index (χ3v) is 7.61. The Morgan fingerprint density at radius 3 is 2.42 bits per heavy atom. The lowest BCUT2D eigenvalue weighted by Gasteiger charge is -2.36. The van der Waals surface area contributed by atoms with E-state index in [1.54, 1.807) is 18.2 Å². The predicted molar refractivity (Wildman–Crippen MR) is 152 cm³/mol. The van der Waals surface area contributed by atoms with Gasteiger partial charge in [-0.15, -0.1) is 13.2 Å². The zero-order valence-corrected chi connectivity index (χ0v) is 22.6. The van der Waals surface area contributed by atoms with Crippen LogP contribution in [-0.2, 0) is 13.1 Å². The van der Waals surface area contributed by atoms with E-state index in [4.69, 9.17) is 17.3 Å². The van der Waals surface area contributed by atoms with E-state index in [0.29, 0.717) is 17.1 Å². The van der Waals surface area contributed by atoms with Gasteiger partial charge in [-0.1, -0.05) is 41.9 Å². The monoisotopic (exact) mass is 570 g/mol. The fourth-order valence-electron chi connectivity index (χ4n) is 5.23. The molecule has 0 aliphatic carbocycles. The van der Waals surface area contributed by atoms with Crippen molar-refractivity contribution in [1.82, 2.24) is 9.47 Å². The van der Waals surface area contributed by atoms with Crippen LogP contribution < -0.4 is 15.4 Å². The molecule has 1 aromatic heterocycles. The Morgan fingerprint density at radius 2 is 1.75 bits per heavy atom. The Kier molecular flexibility index (Phi) is 8.35. The van der Waals surface area contributed by atoms with Crippen molar-refractivity contribution in [3.63, 3.8) is 0 Å². The standard InChI is InChI=1S/C30H30ClF3N4O2/c31-29-23(20-39)3-1-4-28(29)37-15-13-36(14-16-37)18-21-5-10-27-25(17-21)26(19-38(27)12-2-11-35)22-6-8-24(9-7-22)40-30(32,33)34/h1,3-10,17,19-20H,2,11-16,18,35H2. The average molecular weight is 571 g/mol. The van der Waals surface area contributed by atoms with E-state index in [-0.39, 0.29) is 5.75 Å². The molecule has 0 saturated carbocycles. The number of nitrogens with two attached hydrogens (primary N) is 1. The maximum absolute atomic E-state index is 12.6. The van der Waals surface area contributed by atoms with E-state index in [2.05, 4.69) is 37.3 Å². The fourth-order valence-corrected chi connectivity index (χ4v) is 5.52. The molecule has 4 aromatic rings. The molecule has 0 bridgehead atoms. The molecule has 1 fully saturated rings. The van der Waals surface area contributed by atoms with Crippen molar-refractivity contribution >= 4 is 34.5 Å². The number of alkyl halides is 3. The number of rotatable bonds is 9. The summed E-state index contributed by atoms with van der Waals surface area (Å²) in [5.74, 6) is -0.248. The van der Waals surface area contributed by atoms with Gasteiger partial charge in [-0.3, -0.25) is 9.69 Å². The molecule has 210 valence electrons. The van der Waals surface area contributed by atoms with Crippen molar-refractivity contribution in [2.45, 2.75) is 25.9 Å². The van der Waals surface area contributed by atoms with Gasteiger partial charge in [0.2, 0.25) is 0 Å². The summed E-state index contributed by atoms with van der Waals surface area (Å²) in [6, 6.07) is 17.9. The van der Waals surface area contributed by atoms with Crippen LogP contribution in [0.1, 0.15) is 22.3 Å². The summed E-state index contributed by atoms with van der Waals surface area (Å²) in [6.45, 7) is 5.33. The second kappa shape index (κ2) is 11.9. The zero-order chi connectivity index (χ0) is 28.3. The summed E-state index contributed by atoms with van der Waals surface area (Å²) in [6.07, 6.45) is -1.10. The maximum Gasteiger partial charge on any atom is 0.573 e. The Bertz CT molecular complexity index is 1480. The van der Waals surface area contributed by atoms with Crippen molar-refractivity contribution < 1.29 is 22.7 Å². The predicted octanol–water partition coefficient (Wildman–Crippen LogP) is 6.34. The Balaban J connectivity index is 1.35. The highest BCUT2D eigenvalue weighted by Crippen LogP contribution is 2.34. The van der Waals surface area contributed by atoms with Crippen LogP contribution in [0, 0.1) is 0 Å². The minimum atomic E-state index is -4.73. The van der Waals surface area contributed by atoms with Gasteiger partial charge in [-0.05, 0) is 54.4 Å². The second-order valence-corrected chi connectivity index (χ2v) is 10.2. The van der Waals surface area contributed by atoms with Gasteiger partial charge in [-0.25, -0.2) is 0 Å². The number of hydrogen-bond donors (Lipinski definition) is 1. The van der Waals surface area contributed by atoms with Gasteiger partial charge >= 0.3 is 6.36 Å². The summed E-state index contributed by atoms with van der Waals surface area (Å²) in [7, 11) is 0. The highest BCUT2D eigenvalue weighted by atomic mass is 35.5. The lowest BCUT2D eigenvalue weighted by Crippen LogP contribution is -2.46. The van der Waals surface area contributed by atoms with Crippen LogP contribution in [-0.4, -0.2) is 54.8 Å². The van der Waals surface area contributed by atoms with E-state index in [9.17, 15) is 18.0 Å². The van der Waals surface area contributed by atoms with Crippen LogP contribution in [0.25, 0.3) is 22.0 Å². The number of halogens is 4. The first-order valence-corrected chi connectivity index (χ1v) is 13.5. The van der Waals surface area contributed by atoms with Crippen molar-refractivity contribution in [3.8, 4) is 16.9 Å². The molecule has 0 unspecified atom stereocenters. The fraction of sp³-hybridized carbons (Fsp3) is 0.300. The molecule has 3 aromatic carbocycles. The quantitative estimate of drug-likeness (QED) is 0.238. The number of carbonyl (C=O) groups excluding carboxylic acids is 1. The number of nitrogens with zero attached hydrogens (tertiary/aromatic N) is 3. The van der Waals surface area contributed by atoms with E-state index in [1.807, 2.05) is 18.3 Å². The van der Waals surface area contributed by atoms with Gasteiger partial charge in [0.25, 0.3) is 0 Å². The van der Waals surface area contributed by atoms with Crippen LogP contribution in [0.3, 0.4) is 0 Å². The molecule has 1 saturated heterocycles. The van der Waals surface area contributed by atoms with Crippen LogP contribution in [0.2, 0.25) is 5.02 Å². The van der Waals surface area contributed by atoms with Crippen LogP contribution in [0.4, 0.5) is 18.9 Å². The molecule has 10 heteroatoms. The van der Waals surface area contributed by atoms with E-state index in [0.717, 1.165) is 85.3 Å². The van der Waals surface area contributed by atoms with Crippen molar-refractivity contribution in [2.24, 2.45) is 5.73 Å². The van der Waals surface area contributed by atoms with Crippen molar-refractivity contribution in [1.29, 1.82) is 0 Å². The number of aromatic nitrogens is 1. The molecule has 2 heterocycles. The number of hydrogen-bond acceptors (Lipinski definition) is 5. The summed E-state index contributed by atoms with van der Waals surface area (Å²) >= 11 is 6.45. The van der Waals surface area contributed by atoms with Gasteiger partial charge in [-0.2, -0.15) is 0 Å². The molecule has 2 N–H and O–H groups in total. The molecule has 0 spiro atoms. The normalized spacial score (nSPS) is 14.6. The number of anilines is 1. The first kappa shape index (κ1) is 28.0. The number of aryl methyl sites for hydroxylation is 1. The minimum absolute atomic E-state index is 0.248. The number of carbonyl (C=O) groups is 1. The maximum atomic E-state index is 12.6. The molecule has 0 atom stereocenters. The summed E-state index contributed by atoms with van der Waals surface area (Å²) in [5, 5.41) is 1.52. The van der Waals surface area contributed by atoms with Crippen molar-refractivity contribution in [3.05, 3.63) is 83.0 Å². The highest BCUT2D eigenvalue weighted by molar-refractivity contribution is 6.35. The highest BCUT2D eigenvalue weighted by Gasteiger charge is 2.31. The Labute approximate surface area is 235 Å². The van der Waals surface area contributed by atoms with Gasteiger partial charge < -0.3 is 19.9 Å². The summed E-state index contributed by atoms with van der Waals surface area (Å²) in [4.78, 5) is 15.9. The van der Waals surface area contributed by atoms with E-state index in [1.165, 1.54) is 12.1 Å². The molecule has 0 radical (unpaired) electrons. The molecular weight excluding hydrogens is 541 g/mol. The molecule has 6 nitrogen and oxygen atoms in total. The molecule has 1 aliphatic rings. The van der Waals surface area contributed by atoms with Crippen LogP contribution >= 0.6 is 11.6 Å². The number of benzene rings is 3. The third-order valence-electron chi connectivity index (χ3n) is 7.20. The van der Waals surface area contributed by atoms with E-state index < -0.39 is 6.36 Å². The summed E-state index contributed by atoms with van der Waals surface area (Å²) < 4.78 is 44.1. The SMILES string of the molecule is NCCCn1cc(-c2ccc(OC(F)(F)F)cc2)c2cc(CN3CCN(c4cccc(C=O)c4Cl)CC3)ccc21. The Morgan fingerprint density at radius 1 is 1.00 bits per heavy atom. The first-order chi connectivity index (χ1) is 19.3.